The molecule has 0 aliphatic heterocycles. The highest BCUT2D eigenvalue weighted by Crippen LogP contribution is 2.23. The van der Waals surface area contributed by atoms with Gasteiger partial charge in [0.15, 0.2) is 0 Å². The van der Waals surface area contributed by atoms with Gasteiger partial charge in [0.2, 0.25) is 0 Å². The Morgan fingerprint density at radius 2 is 2.15 bits per heavy atom. The molecule has 0 fully saturated rings. The molecule has 0 spiro atoms. The first-order valence-corrected chi connectivity index (χ1v) is 5.88. The number of primary amides is 1. The van der Waals surface area contributed by atoms with Gasteiger partial charge in [-0.1, -0.05) is 0 Å². The van der Waals surface area contributed by atoms with E-state index in [4.69, 9.17) is 10.8 Å². The highest BCUT2D eigenvalue weighted by atomic mass is 16.6. The molecule has 1 amide bonds. The Labute approximate surface area is 114 Å². The molecular weight excluding hydrogens is 266 g/mol. The van der Waals surface area contributed by atoms with Crippen LogP contribution in [0.15, 0.2) is 18.2 Å². The van der Waals surface area contributed by atoms with Crippen LogP contribution in [0.25, 0.3) is 0 Å². The Bertz CT molecular complexity index is 544. The van der Waals surface area contributed by atoms with E-state index in [1.165, 1.54) is 12.1 Å². The van der Waals surface area contributed by atoms with Crippen molar-refractivity contribution in [3.63, 3.8) is 0 Å². The number of nitrogens with zero attached hydrogens (tertiary/aromatic N) is 1. The number of anilines is 1. The van der Waals surface area contributed by atoms with Crippen LogP contribution >= 0.6 is 0 Å². The van der Waals surface area contributed by atoms with Crippen LogP contribution in [0.5, 0.6) is 0 Å². The number of nitrogens with one attached hydrogen (secondary N) is 1. The maximum atomic E-state index is 11.3. The molecule has 1 rings (SSSR count). The predicted octanol–water partition coefficient (Wildman–Crippen LogP) is 1.36. The molecule has 1 unspecified atom stereocenters. The first kappa shape index (κ1) is 15.4. The van der Waals surface area contributed by atoms with Crippen molar-refractivity contribution < 1.29 is 19.6 Å². The zero-order valence-electron chi connectivity index (χ0n) is 10.8. The van der Waals surface area contributed by atoms with Crippen LogP contribution in [0.4, 0.5) is 11.4 Å². The number of amides is 1. The Morgan fingerprint density at radius 3 is 2.65 bits per heavy atom. The van der Waals surface area contributed by atoms with E-state index < -0.39 is 16.8 Å². The number of non-ortho nitro benzene ring substituents is 1. The van der Waals surface area contributed by atoms with E-state index in [2.05, 4.69) is 5.32 Å². The van der Waals surface area contributed by atoms with E-state index in [9.17, 15) is 19.7 Å². The van der Waals surface area contributed by atoms with Gasteiger partial charge in [-0.25, -0.2) is 0 Å². The van der Waals surface area contributed by atoms with Crippen molar-refractivity contribution in [3.05, 3.63) is 33.9 Å². The van der Waals surface area contributed by atoms with Crippen LogP contribution in [0.2, 0.25) is 0 Å². The van der Waals surface area contributed by atoms with E-state index in [0.717, 1.165) is 6.07 Å². The molecule has 1 aromatic carbocycles. The van der Waals surface area contributed by atoms with E-state index in [1.54, 1.807) is 6.92 Å². The number of nitrogens with two attached hydrogens (primary N) is 1. The summed E-state index contributed by atoms with van der Waals surface area (Å²) in [5, 5.41) is 22.2. The fourth-order valence-electron chi connectivity index (χ4n) is 1.65. The molecule has 0 aliphatic carbocycles. The second kappa shape index (κ2) is 6.50. The Morgan fingerprint density at radius 1 is 1.50 bits per heavy atom. The number of carboxylic acid groups (broad SMARTS) is 1. The van der Waals surface area contributed by atoms with Gasteiger partial charge in [-0.15, -0.1) is 0 Å². The highest BCUT2D eigenvalue weighted by Gasteiger charge is 2.16. The van der Waals surface area contributed by atoms with Gasteiger partial charge in [0.1, 0.15) is 0 Å². The molecule has 0 aromatic heterocycles. The SMILES string of the molecule is CC(CCC(=O)O)Nc1ccc([N+](=O)[O-])cc1C(N)=O. The fraction of sp³-hybridized carbons (Fsp3) is 0.333. The maximum Gasteiger partial charge on any atom is 0.303 e. The summed E-state index contributed by atoms with van der Waals surface area (Å²) in [4.78, 5) is 31.8. The molecule has 108 valence electrons. The molecule has 0 heterocycles. The summed E-state index contributed by atoms with van der Waals surface area (Å²) in [7, 11) is 0. The van der Waals surface area contributed by atoms with E-state index in [1.807, 2.05) is 0 Å². The minimum absolute atomic E-state index is 0.00127. The van der Waals surface area contributed by atoms with Gasteiger partial charge in [-0.2, -0.15) is 0 Å². The van der Waals surface area contributed by atoms with Gasteiger partial charge < -0.3 is 16.2 Å². The molecule has 0 aliphatic rings. The van der Waals surface area contributed by atoms with Crippen molar-refractivity contribution in [1.82, 2.24) is 0 Å². The van der Waals surface area contributed by atoms with E-state index in [0.29, 0.717) is 12.1 Å². The van der Waals surface area contributed by atoms with Gasteiger partial charge in [-0.05, 0) is 19.4 Å². The minimum Gasteiger partial charge on any atom is -0.481 e. The van der Waals surface area contributed by atoms with Gasteiger partial charge in [-0.3, -0.25) is 19.7 Å². The molecule has 1 aromatic rings. The fourth-order valence-corrected chi connectivity index (χ4v) is 1.65. The molecule has 4 N–H and O–H groups in total. The van der Waals surface area contributed by atoms with Crippen LogP contribution in [0.3, 0.4) is 0 Å². The minimum atomic E-state index is -0.919. The Balaban J connectivity index is 2.91. The second-order valence-corrected chi connectivity index (χ2v) is 4.33. The molecule has 20 heavy (non-hydrogen) atoms. The lowest BCUT2D eigenvalue weighted by molar-refractivity contribution is -0.384. The molecule has 8 heteroatoms. The van der Waals surface area contributed by atoms with Gasteiger partial charge >= 0.3 is 5.97 Å². The lowest BCUT2D eigenvalue weighted by Crippen LogP contribution is -2.20. The number of benzene rings is 1. The quantitative estimate of drug-likeness (QED) is 0.510. The summed E-state index contributed by atoms with van der Waals surface area (Å²) in [6.07, 6.45) is 0.331. The third kappa shape index (κ3) is 4.23. The molecule has 0 saturated carbocycles. The number of carbonyl (C=O) groups is 2. The lowest BCUT2D eigenvalue weighted by atomic mass is 10.1. The van der Waals surface area contributed by atoms with Gasteiger partial charge in [0.25, 0.3) is 11.6 Å². The Hall–Kier alpha value is -2.64. The highest BCUT2D eigenvalue weighted by molar-refractivity contribution is 5.99. The van der Waals surface area contributed by atoms with Crippen molar-refractivity contribution in [2.24, 2.45) is 5.73 Å². The van der Waals surface area contributed by atoms with Gasteiger partial charge in [0, 0.05) is 30.3 Å². The third-order valence-corrected chi connectivity index (χ3v) is 2.67. The third-order valence-electron chi connectivity index (χ3n) is 2.67. The number of aliphatic carboxylic acids is 1. The summed E-state index contributed by atoms with van der Waals surface area (Å²) in [6.45, 7) is 1.75. The van der Waals surface area contributed by atoms with Crippen molar-refractivity contribution in [3.8, 4) is 0 Å². The second-order valence-electron chi connectivity index (χ2n) is 4.33. The van der Waals surface area contributed by atoms with Crippen LogP contribution in [0.1, 0.15) is 30.1 Å². The molecule has 1 atom stereocenters. The first-order chi connectivity index (χ1) is 9.31. The van der Waals surface area contributed by atoms with Crippen LogP contribution in [0, 0.1) is 10.1 Å². The van der Waals surface area contributed by atoms with Crippen LogP contribution in [-0.2, 0) is 4.79 Å². The van der Waals surface area contributed by atoms with Crippen molar-refractivity contribution in [2.75, 3.05) is 5.32 Å². The predicted molar refractivity (Wildman–Crippen MR) is 71.6 cm³/mol. The molecule has 0 radical (unpaired) electrons. The molecule has 0 bridgehead atoms. The summed E-state index contributed by atoms with van der Waals surface area (Å²) in [5.41, 5.74) is 5.30. The lowest BCUT2D eigenvalue weighted by Gasteiger charge is -2.16. The molecule has 8 nitrogen and oxygen atoms in total. The monoisotopic (exact) mass is 281 g/mol. The summed E-state index contributed by atoms with van der Waals surface area (Å²) < 4.78 is 0. The van der Waals surface area contributed by atoms with E-state index in [-0.39, 0.29) is 23.7 Å². The number of hydrogen-bond acceptors (Lipinski definition) is 5. The van der Waals surface area contributed by atoms with Crippen molar-refractivity contribution >= 4 is 23.3 Å². The average Bonchev–Trinajstić information content (AvgIpc) is 2.36. The van der Waals surface area contributed by atoms with Gasteiger partial charge in [0.05, 0.1) is 10.5 Å². The maximum absolute atomic E-state index is 11.3. The first-order valence-electron chi connectivity index (χ1n) is 5.88. The number of nitro groups is 1. The number of hydrogen-bond donors (Lipinski definition) is 3. The number of carbonyl (C=O) groups excluding carboxylic acids is 1. The average molecular weight is 281 g/mol. The molecular formula is C12H15N3O5. The smallest absolute Gasteiger partial charge is 0.303 e. The largest absolute Gasteiger partial charge is 0.481 e. The number of nitro benzene ring substituents is 1. The van der Waals surface area contributed by atoms with Crippen LogP contribution < -0.4 is 11.1 Å². The summed E-state index contributed by atoms with van der Waals surface area (Å²) in [6, 6.07) is 3.51. The topological polar surface area (TPSA) is 136 Å². The Kier molecular flexibility index (Phi) is 5.01. The number of rotatable bonds is 7. The van der Waals surface area contributed by atoms with Crippen molar-refractivity contribution in [1.29, 1.82) is 0 Å². The van der Waals surface area contributed by atoms with Crippen molar-refractivity contribution in [2.45, 2.75) is 25.8 Å². The van der Waals surface area contributed by atoms with E-state index >= 15 is 0 Å². The summed E-state index contributed by atoms with van der Waals surface area (Å²) in [5.74, 6) is -1.71. The molecule has 0 saturated heterocycles. The number of carboxylic acids is 1. The summed E-state index contributed by atoms with van der Waals surface area (Å²) >= 11 is 0. The normalized spacial score (nSPS) is 11.7. The standard InChI is InChI=1S/C12H15N3O5/c1-7(2-5-11(16)17)14-10-4-3-8(15(19)20)6-9(10)12(13)18/h3-4,6-7,14H,2,5H2,1H3,(H2,13,18)(H,16,17). The zero-order chi connectivity index (χ0) is 15.3. The zero-order valence-corrected chi connectivity index (χ0v) is 10.8. The van der Waals surface area contributed by atoms with Crippen LogP contribution in [-0.4, -0.2) is 27.9 Å².